The first kappa shape index (κ1) is 19.0. The highest BCUT2D eigenvalue weighted by Crippen LogP contribution is 2.12. The predicted octanol–water partition coefficient (Wildman–Crippen LogP) is 6.60. The van der Waals surface area contributed by atoms with Crippen LogP contribution in [0.2, 0.25) is 0 Å². The van der Waals surface area contributed by atoms with Gasteiger partial charge in [0, 0.05) is 18.8 Å². The molecule has 0 aromatic carbocycles. The van der Waals surface area contributed by atoms with Crippen LogP contribution in [0, 0.1) is 0 Å². The lowest BCUT2D eigenvalue weighted by atomic mass is 10.0. The minimum atomic E-state index is 0.936. The van der Waals surface area contributed by atoms with Gasteiger partial charge in [-0.05, 0) is 12.8 Å². The first-order valence-corrected chi connectivity index (χ1v) is 9.56. The Morgan fingerprint density at radius 1 is 0.818 bits per heavy atom. The van der Waals surface area contributed by atoms with Crippen LogP contribution in [0.25, 0.3) is 0 Å². The van der Waals surface area contributed by atoms with Gasteiger partial charge in [0.15, 0.2) is 0 Å². The van der Waals surface area contributed by atoms with Gasteiger partial charge in [0.1, 0.15) is 5.82 Å². The highest BCUT2D eigenvalue weighted by molar-refractivity contribution is 4.96. The van der Waals surface area contributed by atoms with Crippen LogP contribution in [0.5, 0.6) is 0 Å². The van der Waals surface area contributed by atoms with E-state index in [0.29, 0.717) is 0 Å². The Morgan fingerprint density at radius 2 is 1.41 bits per heavy atom. The van der Waals surface area contributed by atoms with Gasteiger partial charge in [0.25, 0.3) is 0 Å². The summed E-state index contributed by atoms with van der Waals surface area (Å²) >= 11 is 0. The molecule has 0 fully saturated rings. The van der Waals surface area contributed by atoms with Gasteiger partial charge < -0.3 is 4.98 Å². The van der Waals surface area contributed by atoms with Gasteiger partial charge in [-0.2, -0.15) is 0 Å². The molecular weight excluding hydrogens is 268 g/mol. The molecule has 2 nitrogen and oxygen atoms in total. The molecule has 0 aliphatic heterocycles. The monoisotopic (exact) mass is 304 g/mol. The lowest BCUT2D eigenvalue weighted by Crippen LogP contribution is -1.83. The van der Waals surface area contributed by atoms with Crippen LogP contribution < -0.4 is 0 Å². The lowest BCUT2D eigenvalue weighted by molar-refractivity contribution is 0.545. The Hall–Kier alpha value is -1.05. The Bertz CT molecular complexity index is 341. The van der Waals surface area contributed by atoms with Crippen molar-refractivity contribution in [1.29, 1.82) is 0 Å². The van der Waals surface area contributed by atoms with Crippen LogP contribution in [0.1, 0.15) is 96.2 Å². The molecule has 0 aliphatic rings. The molecule has 1 heterocycles. The smallest absolute Gasteiger partial charge is 0.109 e. The first-order chi connectivity index (χ1) is 10.9. The van der Waals surface area contributed by atoms with E-state index in [1.165, 1.54) is 83.5 Å². The molecule has 0 radical (unpaired) electrons. The second kappa shape index (κ2) is 14.9. The summed E-state index contributed by atoms with van der Waals surface area (Å²) in [6.45, 7) is 2.29. The fraction of sp³-hybridized carbons (Fsp3) is 0.750. The zero-order valence-corrected chi connectivity index (χ0v) is 14.7. The van der Waals surface area contributed by atoms with E-state index >= 15 is 0 Å². The number of hydrogen-bond acceptors (Lipinski definition) is 1. The maximum Gasteiger partial charge on any atom is 0.109 e. The zero-order chi connectivity index (χ0) is 15.7. The normalized spacial score (nSPS) is 11.5. The van der Waals surface area contributed by atoms with Gasteiger partial charge in [0.05, 0.1) is 0 Å². The molecule has 0 bridgehead atoms. The first-order valence-electron chi connectivity index (χ1n) is 9.56. The summed E-state index contributed by atoms with van der Waals surface area (Å²) in [5, 5.41) is 0. The third kappa shape index (κ3) is 11.6. The second-order valence-corrected chi connectivity index (χ2v) is 6.39. The summed E-state index contributed by atoms with van der Waals surface area (Å²) in [6, 6.07) is 0. The maximum atomic E-state index is 4.21. The number of nitrogens with zero attached hydrogens (tertiary/aromatic N) is 1. The SMILES string of the molecule is CCCCCCCCCCCCCCC=CCc1ncc[nH]1. The van der Waals surface area contributed by atoms with E-state index in [9.17, 15) is 0 Å². The van der Waals surface area contributed by atoms with E-state index in [1.807, 2.05) is 12.4 Å². The van der Waals surface area contributed by atoms with Crippen LogP contribution in [0.4, 0.5) is 0 Å². The van der Waals surface area contributed by atoms with Crippen molar-refractivity contribution in [1.82, 2.24) is 9.97 Å². The molecular formula is C20H36N2. The molecule has 1 rings (SSSR count). The summed E-state index contributed by atoms with van der Waals surface area (Å²) in [7, 11) is 0. The number of unbranched alkanes of at least 4 members (excludes halogenated alkanes) is 12. The van der Waals surface area contributed by atoms with E-state index in [1.54, 1.807) is 0 Å². The number of imidazole rings is 1. The quantitative estimate of drug-likeness (QED) is 0.287. The summed E-state index contributed by atoms with van der Waals surface area (Å²) in [4.78, 5) is 7.34. The summed E-state index contributed by atoms with van der Waals surface area (Å²) < 4.78 is 0. The molecule has 22 heavy (non-hydrogen) atoms. The average Bonchev–Trinajstić information content (AvgIpc) is 3.04. The van der Waals surface area contributed by atoms with Crippen molar-refractivity contribution in [3.8, 4) is 0 Å². The van der Waals surface area contributed by atoms with E-state index in [0.717, 1.165) is 12.2 Å². The highest BCUT2D eigenvalue weighted by atomic mass is 14.9. The zero-order valence-electron chi connectivity index (χ0n) is 14.7. The number of aromatic nitrogens is 2. The average molecular weight is 305 g/mol. The van der Waals surface area contributed by atoms with Gasteiger partial charge in [-0.1, -0.05) is 89.7 Å². The number of H-pyrrole nitrogens is 1. The van der Waals surface area contributed by atoms with E-state index in [4.69, 9.17) is 0 Å². The molecule has 0 amide bonds. The van der Waals surface area contributed by atoms with Crippen molar-refractivity contribution in [2.24, 2.45) is 0 Å². The maximum absolute atomic E-state index is 4.21. The molecule has 1 aromatic heterocycles. The summed E-state index contributed by atoms with van der Waals surface area (Å²) in [6.07, 6.45) is 27.5. The number of allylic oxidation sites excluding steroid dienone is 2. The van der Waals surface area contributed by atoms with Gasteiger partial charge in [-0.3, -0.25) is 0 Å². The van der Waals surface area contributed by atoms with E-state index in [-0.39, 0.29) is 0 Å². The fourth-order valence-corrected chi connectivity index (χ4v) is 2.83. The molecule has 1 aromatic rings. The predicted molar refractivity (Wildman–Crippen MR) is 97.1 cm³/mol. The molecule has 2 heteroatoms. The molecule has 0 saturated carbocycles. The van der Waals surface area contributed by atoms with Crippen molar-refractivity contribution in [3.05, 3.63) is 30.4 Å². The Labute approximate surface area is 137 Å². The van der Waals surface area contributed by atoms with Crippen molar-refractivity contribution in [2.45, 2.75) is 96.8 Å². The molecule has 0 aliphatic carbocycles. The third-order valence-electron chi connectivity index (χ3n) is 4.26. The van der Waals surface area contributed by atoms with Crippen LogP contribution >= 0.6 is 0 Å². The Kier molecular flexibility index (Phi) is 12.8. The molecule has 1 N–H and O–H groups in total. The van der Waals surface area contributed by atoms with Crippen LogP contribution in [0.15, 0.2) is 24.5 Å². The molecule has 0 spiro atoms. The molecule has 0 saturated heterocycles. The van der Waals surface area contributed by atoms with Gasteiger partial charge in [0.2, 0.25) is 0 Å². The van der Waals surface area contributed by atoms with Gasteiger partial charge >= 0.3 is 0 Å². The third-order valence-corrected chi connectivity index (χ3v) is 4.26. The minimum absolute atomic E-state index is 0.936. The van der Waals surface area contributed by atoms with Crippen LogP contribution in [0.3, 0.4) is 0 Å². The van der Waals surface area contributed by atoms with Crippen molar-refractivity contribution < 1.29 is 0 Å². The molecule has 0 unspecified atom stereocenters. The largest absolute Gasteiger partial charge is 0.348 e. The van der Waals surface area contributed by atoms with E-state index < -0.39 is 0 Å². The number of hydrogen-bond donors (Lipinski definition) is 1. The Morgan fingerprint density at radius 3 is 1.95 bits per heavy atom. The van der Waals surface area contributed by atoms with Crippen molar-refractivity contribution in [2.75, 3.05) is 0 Å². The number of rotatable bonds is 15. The number of aromatic amines is 1. The topological polar surface area (TPSA) is 28.7 Å². The molecule has 126 valence electrons. The highest BCUT2D eigenvalue weighted by Gasteiger charge is 1.93. The van der Waals surface area contributed by atoms with E-state index in [2.05, 4.69) is 29.0 Å². The van der Waals surface area contributed by atoms with Crippen LogP contribution in [-0.4, -0.2) is 9.97 Å². The Balaban J connectivity index is 1.74. The second-order valence-electron chi connectivity index (χ2n) is 6.39. The fourth-order valence-electron chi connectivity index (χ4n) is 2.83. The molecule has 0 atom stereocenters. The van der Waals surface area contributed by atoms with Crippen molar-refractivity contribution >= 4 is 0 Å². The van der Waals surface area contributed by atoms with Crippen LogP contribution in [-0.2, 0) is 6.42 Å². The summed E-state index contributed by atoms with van der Waals surface area (Å²) in [5.41, 5.74) is 0. The standard InChI is InChI=1S/C20H36N2/c1-2-3-4-5-6-7-8-9-10-11-12-13-14-15-16-17-20-21-18-19-22-20/h15-16,18-19H,2-14,17H2,1H3,(H,21,22). The van der Waals surface area contributed by atoms with Gasteiger partial charge in [-0.25, -0.2) is 4.98 Å². The van der Waals surface area contributed by atoms with Crippen molar-refractivity contribution in [3.63, 3.8) is 0 Å². The number of nitrogens with one attached hydrogen (secondary N) is 1. The summed E-state index contributed by atoms with van der Waals surface area (Å²) in [5.74, 6) is 1.06. The lowest BCUT2D eigenvalue weighted by Gasteiger charge is -2.02. The van der Waals surface area contributed by atoms with Gasteiger partial charge in [-0.15, -0.1) is 0 Å². The minimum Gasteiger partial charge on any atom is -0.348 e.